The lowest BCUT2D eigenvalue weighted by Gasteiger charge is -2.29. The first-order chi connectivity index (χ1) is 22.4. The molecule has 0 radical (unpaired) electrons. The quantitative estimate of drug-likeness (QED) is 0.142. The van der Waals surface area contributed by atoms with E-state index >= 15 is 0 Å². The number of carbonyl (C=O) groups is 3. The molecule has 246 valence electrons. The van der Waals surface area contributed by atoms with Gasteiger partial charge in [-0.1, -0.05) is 99.5 Å². The van der Waals surface area contributed by atoms with Gasteiger partial charge in [-0.3, -0.25) is 14.4 Å². The van der Waals surface area contributed by atoms with E-state index in [9.17, 15) is 19.5 Å². The van der Waals surface area contributed by atoms with Gasteiger partial charge in [0.15, 0.2) is 0 Å². The summed E-state index contributed by atoms with van der Waals surface area (Å²) in [4.78, 5) is 38.0. The number of ether oxygens (including phenoxy) is 2. The molecule has 3 aromatic carbocycles. The van der Waals surface area contributed by atoms with E-state index in [1.807, 2.05) is 66.7 Å². The smallest absolute Gasteiger partial charge is 0.306 e. The first-order valence-corrected chi connectivity index (χ1v) is 16.6. The van der Waals surface area contributed by atoms with Crippen molar-refractivity contribution in [2.75, 3.05) is 7.11 Å². The van der Waals surface area contributed by atoms with E-state index in [-0.39, 0.29) is 37.1 Å². The third-order valence-corrected chi connectivity index (χ3v) is 8.72. The number of aliphatic hydroxyl groups is 1. The molecular formula is C38H48N2O6. The van der Waals surface area contributed by atoms with E-state index in [1.54, 1.807) is 18.2 Å². The van der Waals surface area contributed by atoms with Gasteiger partial charge in [-0.25, -0.2) is 0 Å². The van der Waals surface area contributed by atoms with Crippen molar-refractivity contribution >= 4 is 17.8 Å². The monoisotopic (exact) mass is 628 g/mol. The fourth-order valence-electron chi connectivity index (χ4n) is 6.18. The number of aliphatic hydroxyl groups excluding tert-OH is 1. The molecular weight excluding hydrogens is 580 g/mol. The second-order valence-electron chi connectivity index (χ2n) is 12.3. The van der Waals surface area contributed by atoms with Crippen molar-refractivity contribution < 1.29 is 29.0 Å². The van der Waals surface area contributed by atoms with E-state index in [0.29, 0.717) is 35.8 Å². The van der Waals surface area contributed by atoms with Gasteiger partial charge in [0.1, 0.15) is 11.5 Å². The highest BCUT2D eigenvalue weighted by Gasteiger charge is 2.27. The molecule has 3 N–H and O–H groups in total. The molecule has 1 aliphatic rings. The molecule has 0 heterocycles. The van der Waals surface area contributed by atoms with E-state index < -0.39 is 18.1 Å². The Bertz CT molecular complexity index is 1360. The Morgan fingerprint density at radius 1 is 0.848 bits per heavy atom. The van der Waals surface area contributed by atoms with E-state index in [1.165, 1.54) is 39.2 Å². The van der Waals surface area contributed by atoms with Crippen LogP contribution in [0.4, 0.5) is 0 Å². The van der Waals surface area contributed by atoms with Gasteiger partial charge in [-0.15, -0.1) is 0 Å². The van der Waals surface area contributed by atoms with Crippen molar-refractivity contribution in [2.45, 2.75) is 95.2 Å². The lowest BCUT2D eigenvalue weighted by atomic mass is 9.85. The van der Waals surface area contributed by atoms with Crippen LogP contribution in [-0.4, -0.2) is 48.2 Å². The third-order valence-electron chi connectivity index (χ3n) is 8.72. The van der Waals surface area contributed by atoms with Crippen LogP contribution in [0, 0.1) is 5.92 Å². The molecule has 0 aromatic heterocycles. The Hall–Kier alpha value is -4.17. The summed E-state index contributed by atoms with van der Waals surface area (Å²) < 4.78 is 10.6. The van der Waals surface area contributed by atoms with Crippen LogP contribution in [0.1, 0.15) is 86.6 Å². The van der Waals surface area contributed by atoms with Gasteiger partial charge < -0.3 is 25.2 Å². The maximum absolute atomic E-state index is 13.6. The van der Waals surface area contributed by atoms with E-state index in [2.05, 4.69) is 15.4 Å². The second kappa shape index (κ2) is 18.7. The maximum Gasteiger partial charge on any atom is 0.306 e. The van der Waals surface area contributed by atoms with Gasteiger partial charge in [-0.05, 0) is 61.1 Å². The summed E-state index contributed by atoms with van der Waals surface area (Å²) in [7, 11) is 1.29. The summed E-state index contributed by atoms with van der Waals surface area (Å²) in [6, 6.07) is 25.2. The van der Waals surface area contributed by atoms with E-state index in [0.717, 1.165) is 18.4 Å². The zero-order valence-electron chi connectivity index (χ0n) is 26.9. The molecule has 1 fully saturated rings. The van der Waals surface area contributed by atoms with Crippen molar-refractivity contribution in [3.63, 3.8) is 0 Å². The Morgan fingerprint density at radius 3 is 2.26 bits per heavy atom. The topological polar surface area (TPSA) is 114 Å². The zero-order valence-corrected chi connectivity index (χ0v) is 26.9. The third kappa shape index (κ3) is 12.0. The van der Waals surface area contributed by atoms with Crippen LogP contribution in [0.2, 0.25) is 0 Å². The van der Waals surface area contributed by atoms with Crippen molar-refractivity contribution in [2.24, 2.45) is 5.92 Å². The first kappa shape index (κ1) is 34.7. The van der Waals surface area contributed by atoms with Crippen molar-refractivity contribution in [1.29, 1.82) is 0 Å². The number of benzene rings is 3. The zero-order chi connectivity index (χ0) is 32.6. The molecule has 0 bridgehead atoms. The average molecular weight is 629 g/mol. The minimum absolute atomic E-state index is 0.0341. The molecule has 8 heteroatoms. The minimum atomic E-state index is -0.935. The molecule has 0 saturated heterocycles. The predicted octanol–water partition coefficient (Wildman–Crippen LogP) is 6.76. The Kier molecular flexibility index (Phi) is 14.1. The number of esters is 1. The summed E-state index contributed by atoms with van der Waals surface area (Å²) in [6.45, 7) is 0. The largest absolute Gasteiger partial charge is 0.469 e. The van der Waals surface area contributed by atoms with Crippen LogP contribution in [0.5, 0.6) is 11.5 Å². The molecule has 46 heavy (non-hydrogen) atoms. The van der Waals surface area contributed by atoms with Crippen LogP contribution < -0.4 is 15.4 Å². The summed E-state index contributed by atoms with van der Waals surface area (Å²) in [5.74, 6) is 0.914. The molecule has 1 saturated carbocycles. The normalized spacial score (nSPS) is 15.3. The lowest BCUT2D eigenvalue weighted by Crippen LogP contribution is -2.48. The van der Waals surface area contributed by atoms with Gasteiger partial charge in [-0.2, -0.15) is 0 Å². The molecule has 4 rings (SSSR count). The summed E-state index contributed by atoms with van der Waals surface area (Å²) in [6.07, 6.45) is 8.80. The number of rotatable bonds is 17. The maximum atomic E-state index is 13.6. The molecule has 2 amide bonds. The van der Waals surface area contributed by atoms with Crippen molar-refractivity contribution in [3.8, 4) is 11.5 Å². The Morgan fingerprint density at radius 2 is 1.54 bits per heavy atom. The highest BCUT2D eigenvalue weighted by Crippen LogP contribution is 2.28. The fourth-order valence-corrected chi connectivity index (χ4v) is 6.18. The summed E-state index contributed by atoms with van der Waals surface area (Å²) in [5.41, 5.74) is 1.44. The molecule has 1 aliphatic carbocycles. The van der Waals surface area contributed by atoms with Crippen LogP contribution >= 0.6 is 0 Å². The number of para-hydroxylation sites is 1. The summed E-state index contributed by atoms with van der Waals surface area (Å²) in [5, 5.41) is 17.7. The number of carbonyl (C=O) groups excluding carboxylic acids is 3. The fraction of sp³-hybridized carbons (Fsp3) is 0.447. The van der Waals surface area contributed by atoms with Crippen LogP contribution in [0.3, 0.4) is 0 Å². The van der Waals surface area contributed by atoms with Gasteiger partial charge in [0.2, 0.25) is 5.91 Å². The number of methoxy groups -OCH3 is 1. The van der Waals surface area contributed by atoms with Gasteiger partial charge in [0.25, 0.3) is 5.91 Å². The Balaban J connectivity index is 1.46. The molecule has 3 atom stereocenters. The Labute approximate surface area is 272 Å². The van der Waals surface area contributed by atoms with Crippen LogP contribution in [0.25, 0.3) is 0 Å². The predicted molar refractivity (Wildman–Crippen MR) is 179 cm³/mol. The molecule has 8 nitrogen and oxygen atoms in total. The van der Waals surface area contributed by atoms with Gasteiger partial charge in [0, 0.05) is 18.0 Å². The number of amides is 2. The number of hydrogen-bond donors (Lipinski definition) is 3. The van der Waals surface area contributed by atoms with E-state index in [4.69, 9.17) is 4.74 Å². The number of hydrogen-bond acceptors (Lipinski definition) is 6. The van der Waals surface area contributed by atoms with Gasteiger partial charge in [0.05, 0.1) is 25.7 Å². The van der Waals surface area contributed by atoms with Gasteiger partial charge >= 0.3 is 5.97 Å². The summed E-state index contributed by atoms with van der Waals surface area (Å²) >= 11 is 0. The standard InChI is InChI=1S/C38H48N2O6/c1-45-37(43)24-23-36(42)40-34(25-29-15-7-3-8-16-29)35(41)27-31(19-11-17-28-13-5-2-6-14-28)39-38(44)30-18-12-22-33(26-30)46-32-20-9-4-10-21-32/h3-4,7-10,12,15-16,18,20-22,26,28,31,34-35,41H,2,5-6,11,13-14,17,19,23-25,27H2,1H3,(H,39,44)(H,40,42)/t31-,34-,35-/m0/s1. The minimum Gasteiger partial charge on any atom is -0.469 e. The highest BCUT2D eigenvalue weighted by atomic mass is 16.5. The molecule has 0 unspecified atom stereocenters. The SMILES string of the molecule is COC(=O)CCC(=O)N[C@@H](Cc1ccccc1)[C@@H](O)C[C@H](CCCC1CCCCC1)NC(=O)c1cccc(Oc2ccccc2)c1. The molecule has 0 aliphatic heterocycles. The number of nitrogens with one attached hydrogen (secondary N) is 2. The van der Waals surface area contributed by atoms with Crippen molar-refractivity contribution in [1.82, 2.24) is 10.6 Å². The molecule has 3 aromatic rings. The average Bonchev–Trinajstić information content (AvgIpc) is 3.08. The highest BCUT2D eigenvalue weighted by molar-refractivity contribution is 5.94. The lowest BCUT2D eigenvalue weighted by molar-refractivity contribution is -0.142. The second-order valence-corrected chi connectivity index (χ2v) is 12.3. The van der Waals surface area contributed by atoms with Crippen molar-refractivity contribution in [3.05, 3.63) is 96.1 Å². The molecule has 0 spiro atoms. The first-order valence-electron chi connectivity index (χ1n) is 16.6. The van der Waals surface area contributed by atoms with Crippen LogP contribution in [-0.2, 0) is 20.7 Å². The van der Waals surface area contributed by atoms with Crippen LogP contribution in [0.15, 0.2) is 84.9 Å².